The molecule has 2 nitrogen and oxygen atoms in total. The maximum atomic E-state index is 12.1. The smallest absolute Gasteiger partial charge is 0.348 e. The van der Waals surface area contributed by atoms with Crippen LogP contribution in [0.1, 0.15) is 12.5 Å². The molecule has 0 bridgehead atoms. The Morgan fingerprint density at radius 3 is 2.44 bits per heavy atom. The molecule has 0 unspecified atom stereocenters. The predicted molar refractivity (Wildman–Crippen MR) is 65.0 cm³/mol. The summed E-state index contributed by atoms with van der Waals surface area (Å²) >= 11 is -0.157. The first kappa shape index (κ1) is 14.6. The minimum Gasteiger partial charge on any atom is -0.348 e. The van der Waals surface area contributed by atoms with Crippen molar-refractivity contribution in [2.75, 3.05) is 0 Å². The molecule has 6 heteroatoms. The second-order valence-electron chi connectivity index (χ2n) is 3.41. The van der Waals surface area contributed by atoms with E-state index in [9.17, 15) is 18.0 Å². The molecule has 0 saturated heterocycles. The summed E-state index contributed by atoms with van der Waals surface area (Å²) in [5, 5.41) is 2.61. The van der Waals surface area contributed by atoms with Crippen LogP contribution in [0.15, 0.2) is 41.3 Å². The van der Waals surface area contributed by atoms with Crippen LogP contribution >= 0.6 is 11.8 Å². The maximum absolute atomic E-state index is 12.1. The number of hydrogen-bond acceptors (Lipinski definition) is 2. The van der Waals surface area contributed by atoms with Crippen molar-refractivity contribution in [3.63, 3.8) is 0 Å². The van der Waals surface area contributed by atoms with Crippen LogP contribution in [0.25, 0.3) is 0 Å². The van der Waals surface area contributed by atoms with Crippen LogP contribution in [0.2, 0.25) is 0 Å². The third-order valence-corrected chi connectivity index (χ3v) is 2.68. The van der Waals surface area contributed by atoms with Crippen LogP contribution in [-0.2, 0) is 11.3 Å². The zero-order chi connectivity index (χ0) is 13.6. The van der Waals surface area contributed by atoms with E-state index in [1.807, 2.05) is 0 Å². The predicted octanol–water partition coefficient (Wildman–Crippen LogP) is 3.49. The second kappa shape index (κ2) is 6.49. The molecule has 0 saturated carbocycles. The summed E-state index contributed by atoms with van der Waals surface area (Å²) in [7, 11) is 0. The van der Waals surface area contributed by atoms with Crippen molar-refractivity contribution in [2.45, 2.75) is 23.9 Å². The van der Waals surface area contributed by atoms with Gasteiger partial charge in [-0.3, -0.25) is 4.79 Å². The number of thioether (sulfide) groups is 1. The summed E-state index contributed by atoms with van der Waals surface area (Å²) < 4.78 is 36.2. The van der Waals surface area contributed by atoms with Crippen molar-refractivity contribution >= 4 is 17.7 Å². The molecular formula is C12H12F3NOS. The summed E-state index contributed by atoms with van der Waals surface area (Å²) in [5.74, 6) is -0.230. The zero-order valence-electron chi connectivity index (χ0n) is 9.62. The van der Waals surface area contributed by atoms with E-state index in [1.165, 1.54) is 18.2 Å². The van der Waals surface area contributed by atoms with Gasteiger partial charge in [-0.2, -0.15) is 13.2 Å². The molecule has 0 aliphatic heterocycles. The van der Waals surface area contributed by atoms with Gasteiger partial charge in [0.05, 0.1) is 0 Å². The van der Waals surface area contributed by atoms with E-state index in [-0.39, 0.29) is 22.6 Å². The average molecular weight is 275 g/mol. The monoisotopic (exact) mass is 275 g/mol. The number of rotatable bonds is 4. The number of halogens is 3. The van der Waals surface area contributed by atoms with Crippen molar-refractivity contribution in [1.82, 2.24) is 5.32 Å². The third-order valence-electron chi connectivity index (χ3n) is 1.94. The van der Waals surface area contributed by atoms with E-state index < -0.39 is 5.51 Å². The number of hydrogen-bond donors (Lipinski definition) is 1. The molecule has 0 radical (unpaired) electrons. The summed E-state index contributed by atoms with van der Waals surface area (Å²) in [6, 6.07) is 5.89. The van der Waals surface area contributed by atoms with Gasteiger partial charge in [0, 0.05) is 11.4 Å². The van der Waals surface area contributed by atoms with E-state index in [4.69, 9.17) is 0 Å². The lowest BCUT2D eigenvalue weighted by atomic mass is 10.2. The number of carbonyl (C=O) groups excluding carboxylic acids is 1. The Labute approximate surface area is 107 Å². The minimum absolute atomic E-state index is 0.131. The molecule has 1 rings (SSSR count). The maximum Gasteiger partial charge on any atom is 0.446 e. The molecule has 0 atom stereocenters. The molecule has 1 aromatic rings. The minimum atomic E-state index is -4.28. The van der Waals surface area contributed by atoms with Crippen molar-refractivity contribution < 1.29 is 18.0 Å². The van der Waals surface area contributed by atoms with E-state index in [1.54, 1.807) is 25.1 Å². The molecule has 1 amide bonds. The fourth-order valence-electron chi connectivity index (χ4n) is 1.21. The molecule has 1 N–H and O–H groups in total. The summed E-state index contributed by atoms with van der Waals surface area (Å²) in [6.07, 6.45) is 2.99. The standard InChI is InChI=1S/C12H12F3NOS/c1-2-3-11(17)16-8-9-4-6-10(7-5-9)18-12(13,14)15/h2-7H,8H2,1H3,(H,16,17)/b3-2+. The Kier molecular flexibility index (Phi) is 5.27. The molecule has 0 fully saturated rings. The van der Waals surface area contributed by atoms with Crippen LogP contribution in [-0.4, -0.2) is 11.4 Å². The van der Waals surface area contributed by atoms with Crippen LogP contribution in [0.4, 0.5) is 13.2 Å². The highest BCUT2D eigenvalue weighted by Crippen LogP contribution is 2.36. The first-order valence-corrected chi connectivity index (χ1v) is 5.97. The fraction of sp³-hybridized carbons (Fsp3) is 0.250. The van der Waals surface area contributed by atoms with Gasteiger partial charge in [0.1, 0.15) is 0 Å². The number of benzene rings is 1. The lowest BCUT2D eigenvalue weighted by Gasteiger charge is -2.07. The number of carbonyl (C=O) groups is 1. The quantitative estimate of drug-likeness (QED) is 0.673. The molecule has 0 aliphatic carbocycles. The van der Waals surface area contributed by atoms with Crippen molar-refractivity contribution in [1.29, 1.82) is 0 Å². The molecular weight excluding hydrogens is 263 g/mol. The first-order chi connectivity index (χ1) is 8.40. The number of amides is 1. The third kappa shape index (κ3) is 5.77. The molecule has 0 aliphatic rings. The largest absolute Gasteiger partial charge is 0.446 e. The molecule has 1 aromatic carbocycles. The van der Waals surface area contributed by atoms with Crippen molar-refractivity contribution in [3.8, 4) is 0 Å². The molecule has 0 spiro atoms. The van der Waals surface area contributed by atoms with Crippen LogP contribution in [0.5, 0.6) is 0 Å². The second-order valence-corrected chi connectivity index (χ2v) is 4.55. The van der Waals surface area contributed by atoms with Gasteiger partial charge in [0.15, 0.2) is 0 Å². The van der Waals surface area contributed by atoms with Gasteiger partial charge in [-0.1, -0.05) is 18.2 Å². The van der Waals surface area contributed by atoms with Gasteiger partial charge in [-0.25, -0.2) is 0 Å². The van der Waals surface area contributed by atoms with Gasteiger partial charge in [-0.15, -0.1) is 0 Å². The van der Waals surface area contributed by atoms with E-state index >= 15 is 0 Å². The summed E-state index contributed by atoms with van der Waals surface area (Å²) in [6.45, 7) is 2.02. The Bertz CT molecular complexity index is 426. The van der Waals surface area contributed by atoms with E-state index in [2.05, 4.69) is 5.32 Å². The first-order valence-electron chi connectivity index (χ1n) is 5.16. The molecule has 0 aromatic heterocycles. The molecule has 18 heavy (non-hydrogen) atoms. The number of allylic oxidation sites excluding steroid dienone is 1. The zero-order valence-corrected chi connectivity index (χ0v) is 10.4. The Hall–Kier alpha value is -1.43. The topological polar surface area (TPSA) is 29.1 Å². The van der Waals surface area contributed by atoms with Gasteiger partial charge >= 0.3 is 5.51 Å². The molecule has 0 heterocycles. The SMILES string of the molecule is C/C=C/C(=O)NCc1ccc(SC(F)(F)F)cc1. The number of alkyl halides is 3. The highest BCUT2D eigenvalue weighted by molar-refractivity contribution is 8.00. The normalized spacial score (nSPS) is 11.8. The van der Waals surface area contributed by atoms with Crippen molar-refractivity contribution in [3.05, 3.63) is 42.0 Å². The van der Waals surface area contributed by atoms with E-state index in [0.29, 0.717) is 6.54 Å². The van der Waals surface area contributed by atoms with Gasteiger partial charge < -0.3 is 5.32 Å². The van der Waals surface area contributed by atoms with Crippen LogP contribution < -0.4 is 5.32 Å². The molecule has 98 valence electrons. The van der Waals surface area contributed by atoms with Gasteiger partial charge in [-0.05, 0) is 42.5 Å². The Morgan fingerprint density at radius 1 is 1.33 bits per heavy atom. The van der Waals surface area contributed by atoms with Crippen molar-refractivity contribution in [2.24, 2.45) is 0 Å². The lowest BCUT2D eigenvalue weighted by molar-refractivity contribution is -0.116. The summed E-state index contributed by atoms with van der Waals surface area (Å²) in [4.78, 5) is 11.3. The highest BCUT2D eigenvalue weighted by Gasteiger charge is 2.28. The van der Waals surface area contributed by atoms with Crippen LogP contribution in [0.3, 0.4) is 0 Å². The average Bonchev–Trinajstić information content (AvgIpc) is 2.26. The van der Waals surface area contributed by atoms with Gasteiger partial charge in [0.2, 0.25) is 5.91 Å². The fourth-order valence-corrected chi connectivity index (χ4v) is 1.75. The summed E-state index contributed by atoms with van der Waals surface area (Å²) in [5.41, 5.74) is -3.53. The van der Waals surface area contributed by atoms with Gasteiger partial charge in [0.25, 0.3) is 0 Å². The Balaban J connectivity index is 2.53. The number of nitrogens with one attached hydrogen (secondary N) is 1. The van der Waals surface area contributed by atoms with Crippen LogP contribution in [0, 0.1) is 0 Å². The lowest BCUT2D eigenvalue weighted by Crippen LogP contribution is -2.20. The Morgan fingerprint density at radius 2 is 1.94 bits per heavy atom. The van der Waals surface area contributed by atoms with E-state index in [0.717, 1.165) is 5.56 Å². The highest BCUT2D eigenvalue weighted by atomic mass is 32.2.